The molecule has 1 aromatic rings. The molecule has 0 radical (unpaired) electrons. The minimum absolute atomic E-state index is 0.0662. The summed E-state index contributed by atoms with van der Waals surface area (Å²) in [7, 11) is 0. The molecule has 4 aliphatic rings. The first kappa shape index (κ1) is 22.6. The summed E-state index contributed by atoms with van der Waals surface area (Å²) in [6, 6.07) is 8.83. The number of hydrogen-bond donors (Lipinski definition) is 2. The number of rotatable bonds is 8. The second-order valence-corrected chi connectivity index (χ2v) is 10.2. The van der Waals surface area contributed by atoms with Gasteiger partial charge in [0.05, 0.1) is 36.2 Å². The maximum atomic E-state index is 13.2. The molecule has 3 aliphatic heterocycles. The predicted molar refractivity (Wildman–Crippen MR) is 118 cm³/mol. The molecule has 10 nitrogen and oxygen atoms in total. The third kappa shape index (κ3) is 4.01. The first-order valence-electron chi connectivity index (χ1n) is 11.3. The van der Waals surface area contributed by atoms with Crippen LogP contribution in [0.5, 0.6) is 0 Å². The molecule has 4 fully saturated rings. The molecule has 1 saturated carbocycles. The SMILES string of the molecule is C[C@@H](c1ccc(SOON)cc1)N1C(=O)[C@H]2CC1CN2C[C@H](N)C(=O)N1[C@H](C#N)C[C@@H]2C[C@@H]21. The Morgan fingerprint density at radius 2 is 2.06 bits per heavy atom. The molecular formula is C22H28N6O4S. The van der Waals surface area contributed by atoms with Crippen LogP contribution < -0.4 is 11.6 Å². The first-order chi connectivity index (χ1) is 15.9. The molecule has 4 N–H and O–H groups in total. The predicted octanol–water partition coefficient (Wildman–Crippen LogP) is 0.702. The van der Waals surface area contributed by atoms with E-state index in [9.17, 15) is 14.9 Å². The van der Waals surface area contributed by atoms with E-state index in [0.717, 1.165) is 41.8 Å². The normalized spacial score (nSPS) is 32.1. The number of piperazine rings is 1. The molecule has 1 aliphatic carbocycles. The van der Waals surface area contributed by atoms with E-state index in [2.05, 4.69) is 15.4 Å². The number of benzene rings is 1. The van der Waals surface area contributed by atoms with Crippen LogP contribution in [0.15, 0.2) is 29.2 Å². The Balaban J connectivity index is 1.19. The van der Waals surface area contributed by atoms with E-state index in [1.807, 2.05) is 41.0 Å². The maximum absolute atomic E-state index is 13.2. The Hall–Kier alpha value is -2.20. The monoisotopic (exact) mass is 472 g/mol. The number of nitrogens with zero attached hydrogens (tertiary/aromatic N) is 4. The highest BCUT2D eigenvalue weighted by Gasteiger charge is 2.56. The van der Waals surface area contributed by atoms with Crippen molar-refractivity contribution >= 4 is 23.9 Å². The van der Waals surface area contributed by atoms with Crippen molar-refractivity contribution in [1.82, 2.24) is 14.7 Å². The first-order valence-corrected chi connectivity index (χ1v) is 12.0. The van der Waals surface area contributed by atoms with Gasteiger partial charge in [-0.1, -0.05) is 12.1 Å². The zero-order valence-electron chi connectivity index (χ0n) is 18.4. The van der Waals surface area contributed by atoms with Gasteiger partial charge in [-0.05, 0) is 49.8 Å². The van der Waals surface area contributed by atoms with Gasteiger partial charge in [0.2, 0.25) is 11.8 Å². The number of nitriles is 1. The second-order valence-electron chi connectivity index (χ2n) is 9.39. The summed E-state index contributed by atoms with van der Waals surface area (Å²) in [6.07, 6.45) is 2.48. The van der Waals surface area contributed by atoms with E-state index in [0.29, 0.717) is 19.0 Å². The van der Waals surface area contributed by atoms with E-state index >= 15 is 0 Å². The molecule has 1 aromatic carbocycles. The van der Waals surface area contributed by atoms with E-state index in [4.69, 9.17) is 11.6 Å². The molecule has 2 amide bonds. The highest BCUT2D eigenvalue weighted by atomic mass is 32.2. The van der Waals surface area contributed by atoms with Gasteiger partial charge in [0.25, 0.3) is 0 Å². The summed E-state index contributed by atoms with van der Waals surface area (Å²) in [5, 5.41) is 9.38. The summed E-state index contributed by atoms with van der Waals surface area (Å²) in [4.78, 5) is 36.8. The smallest absolute Gasteiger partial charge is 0.242 e. The van der Waals surface area contributed by atoms with Gasteiger partial charge in [0, 0.05) is 30.1 Å². The summed E-state index contributed by atoms with van der Waals surface area (Å²) in [5.41, 5.74) is 7.32. The van der Waals surface area contributed by atoms with Crippen LogP contribution in [0.25, 0.3) is 0 Å². The van der Waals surface area contributed by atoms with Gasteiger partial charge in [0.1, 0.15) is 6.04 Å². The van der Waals surface area contributed by atoms with Crippen molar-refractivity contribution in [1.29, 1.82) is 5.26 Å². The molecule has 176 valence electrons. The van der Waals surface area contributed by atoms with E-state index < -0.39 is 6.04 Å². The Labute approximate surface area is 196 Å². The fourth-order valence-corrected chi connectivity index (χ4v) is 6.20. The largest absolute Gasteiger partial charge is 0.330 e. The highest BCUT2D eigenvalue weighted by Crippen LogP contribution is 2.48. The average molecular weight is 473 g/mol. The van der Waals surface area contributed by atoms with Crippen LogP contribution in [0.3, 0.4) is 0 Å². The van der Waals surface area contributed by atoms with Gasteiger partial charge >= 0.3 is 0 Å². The summed E-state index contributed by atoms with van der Waals surface area (Å²) in [6.45, 7) is 3.07. The number of likely N-dealkylation sites (tertiary alicyclic amines) is 3. The Morgan fingerprint density at radius 3 is 2.73 bits per heavy atom. The van der Waals surface area contributed by atoms with Gasteiger partial charge < -0.3 is 15.5 Å². The molecule has 2 bridgehead atoms. The lowest BCUT2D eigenvalue weighted by molar-refractivity contribution is -0.195. The molecule has 5 rings (SSSR count). The number of hydrogen-bond acceptors (Lipinski definition) is 9. The van der Waals surface area contributed by atoms with Crippen LogP contribution in [0.4, 0.5) is 0 Å². The Bertz CT molecular complexity index is 971. The van der Waals surface area contributed by atoms with Crippen LogP contribution in [-0.2, 0) is 18.9 Å². The van der Waals surface area contributed by atoms with Gasteiger partial charge in [-0.25, -0.2) is 0 Å². The third-order valence-corrected chi connectivity index (χ3v) is 8.13. The Kier molecular flexibility index (Phi) is 6.07. The van der Waals surface area contributed by atoms with Crippen molar-refractivity contribution in [2.75, 3.05) is 13.1 Å². The van der Waals surface area contributed by atoms with Gasteiger partial charge in [-0.3, -0.25) is 14.5 Å². The van der Waals surface area contributed by atoms with Crippen LogP contribution in [-0.4, -0.2) is 69.8 Å². The van der Waals surface area contributed by atoms with E-state index in [-0.39, 0.29) is 42.0 Å². The topological polar surface area (TPSA) is 138 Å². The fraction of sp³-hybridized carbons (Fsp3) is 0.591. The number of fused-ring (bicyclic) bond motifs is 3. The highest BCUT2D eigenvalue weighted by molar-refractivity contribution is 7.94. The second kappa shape index (κ2) is 8.87. The third-order valence-electron chi connectivity index (χ3n) is 7.52. The summed E-state index contributed by atoms with van der Waals surface area (Å²) < 4.78 is 4.66. The molecule has 0 aromatic heterocycles. The van der Waals surface area contributed by atoms with Gasteiger partial charge in [-0.15, -0.1) is 9.32 Å². The molecule has 3 saturated heterocycles. The molecule has 1 unspecified atom stereocenters. The van der Waals surface area contributed by atoms with Crippen LogP contribution in [0.1, 0.15) is 37.8 Å². The molecule has 11 heteroatoms. The lowest BCUT2D eigenvalue weighted by Crippen LogP contribution is -2.57. The molecule has 0 spiro atoms. The van der Waals surface area contributed by atoms with Crippen LogP contribution in [0, 0.1) is 17.2 Å². The molecular weight excluding hydrogens is 444 g/mol. The lowest BCUT2D eigenvalue weighted by atomic mass is 10.1. The lowest BCUT2D eigenvalue weighted by Gasteiger charge is -2.38. The van der Waals surface area contributed by atoms with Crippen molar-refractivity contribution in [3.8, 4) is 6.07 Å². The number of piperidine rings is 1. The minimum Gasteiger partial charge on any atom is -0.330 e. The summed E-state index contributed by atoms with van der Waals surface area (Å²) >= 11 is 1.01. The number of carbonyl (C=O) groups excluding carboxylic acids is 2. The van der Waals surface area contributed by atoms with Gasteiger partial charge in [-0.2, -0.15) is 11.2 Å². The molecule has 3 heterocycles. The van der Waals surface area contributed by atoms with Crippen LogP contribution >= 0.6 is 12.0 Å². The van der Waals surface area contributed by atoms with Crippen LogP contribution in [0.2, 0.25) is 0 Å². The molecule has 33 heavy (non-hydrogen) atoms. The van der Waals surface area contributed by atoms with Crippen molar-refractivity contribution in [3.63, 3.8) is 0 Å². The number of carbonyl (C=O) groups is 2. The minimum atomic E-state index is -0.719. The van der Waals surface area contributed by atoms with Crippen molar-refractivity contribution in [2.45, 2.75) is 67.3 Å². The van der Waals surface area contributed by atoms with Crippen molar-refractivity contribution in [3.05, 3.63) is 29.8 Å². The Morgan fingerprint density at radius 1 is 1.30 bits per heavy atom. The van der Waals surface area contributed by atoms with Crippen molar-refractivity contribution < 1.29 is 18.9 Å². The standard InChI is InChI=1S/C22H28N6O4S/c1-12(13-2-4-17(5-3-13)33-32-31-25)27-16-8-20(22(27)30)26(10-16)11-18(24)21(29)28-15(9-23)6-14-7-19(14)28/h2-5,12,14-16,18-20H,6-8,10-11,24-25H2,1H3/t12-,14+,15-,16?,18-,19-,20+/m0/s1. The molecule has 7 atom stereocenters. The van der Waals surface area contributed by atoms with Crippen molar-refractivity contribution in [2.24, 2.45) is 17.5 Å². The number of amides is 2. The zero-order chi connectivity index (χ0) is 23.3. The zero-order valence-corrected chi connectivity index (χ0v) is 19.2. The van der Waals surface area contributed by atoms with E-state index in [1.54, 1.807) is 4.90 Å². The van der Waals surface area contributed by atoms with E-state index in [1.165, 1.54) is 0 Å². The maximum Gasteiger partial charge on any atom is 0.242 e. The quantitative estimate of drug-likeness (QED) is 0.318. The van der Waals surface area contributed by atoms with Gasteiger partial charge in [0.15, 0.2) is 0 Å². The number of nitrogens with two attached hydrogens (primary N) is 2. The summed E-state index contributed by atoms with van der Waals surface area (Å²) in [5.74, 6) is 5.24. The average Bonchev–Trinajstić information content (AvgIpc) is 3.15. The fourth-order valence-electron chi connectivity index (χ4n) is 5.83.